The van der Waals surface area contributed by atoms with Crippen LogP contribution in [0.25, 0.3) is 0 Å². The van der Waals surface area contributed by atoms with Gasteiger partial charge in [-0.2, -0.15) is 0 Å². The standard InChI is InChI=1S/C28H32N2O2/c1-3-4-19-30-27(31)25-17-8-9-18-26(25)29-28(30,2)23-15-10-16-24(21-23)32-20-11-14-22-12-6-5-7-13-22/h5-10,12-13,15-18,21,29H,3-4,11,14,19-20H2,1-2H3. The SMILES string of the molecule is CCCCN1C(=O)c2ccccc2NC1(C)c1cccc(OCCCc2ccccc2)c1. The molecular weight excluding hydrogens is 396 g/mol. The van der Waals surface area contributed by atoms with E-state index in [1.807, 2.05) is 47.4 Å². The highest BCUT2D eigenvalue weighted by Gasteiger charge is 2.42. The Morgan fingerprint density at radius 1 is 0.938 bits per heavy atom. The van der Waals surface area contributed by atoms with E-state index >= 15 is 0 Å². The summed E-state index contributed by atoms with van der Waals surface area (Å²) in [6.07, 6.45) is 3.95. The third kappa shape index (κ3) is 4.64. The lowest BCUT2D eigenvalue weighted by Crippen LogP contribution is -2.56. The van der Waals surface area contributed by atoms with Gasteiger partial charge in [-0.05, 0) is 56.0 Å². The molecule has 0 fully saturated rings. The van der Waals surface area contributed by atoms with Crippen LogP contribution in [0.5, 0.6) is 5.75 Å². The first-order valence-corrected chi connectivity index (χ1v) is 11.6. The zero-order valence-corrected chi connectivity index (χ0v) is 19.0. The predicted molar refractivity (Wildman–Crippen MR) is 130 cm³/mol. The molecule has 1 atom stereocenters. The van der Waals surface area contributed by atoms with Crippen LogP contribution >= 0.6 is 0 Å². The van der Waals surface area contributed by atoms with Gasteiger partial charge < -0.3 is 15.0 Å². The molecule has 1 N–H and O–H groups in total. The maximum absolute atomic E-state index is 13.4. The minimum atomic E-state index is -0.635. The van der Waals surface area contributed by atoms with Crippen molar-refractivity contribution in [1.82, 2.24) is 4.90 Å². The van der Waals surface area contributed by atoms with Gasteiger partial charge in [0.05, 0.1) is 12.2 Å². The minimum absolute atomic E-state index is 0.0736. The van der Waals surface area contributed by atoms with Gasteiger partial charge in [0.1, 0.15) is 11.4 Å². The lowest BCUT2D eigenvalue weighted by molar-refractivity contribution is 0.0530. The highest BCUT2D eigenvalue weighted by Crippen LogP contribution is 2.38. The molecule has 0 spiro atoms. The summed E-state index contributed by atoms with van der Waals surface area (Å²) in [5, 5.41) is 3.64. The number of para-hydroxylation sites is 1. The molecule has 3 aromatic carbocycles. The number of anilines is 1. The molecule has 0 aliphatic carbocycles. The largest absolute Gasteiger partial charge is 0.494 e. The number of hydrogen-bond donors (Lipinski definition) is 1. The molecule has 1 amide bonds. The second kappa shape index (κ2) is 9.90. The number of benzene rings is 3. The number of rotatable bonds is 9. The molecule has 3 aromatic rings. The summed E-state index contributed by atoms with van der Waals surface area (Å²) in [5.74, 6) is 0.907. The van der Waals surface area contributed by atoms with E-state index in [1.54, 1.807) is 0 Å². The molecule has 4 heteroatoms. The third-order valence-corrected chi connectivity index (χ3v) is 6.17. The van der Waals surface area contributed by atoms with Gasteiger partial charge in [0.25, 0.3) is 5.91 Å². The van der Waals surface area contributed by atoms with Crippen molar-refractivity contribution in [1.29, 1.82) is 0 Å². The number of ether oxygens (including phenoxy) is 1. The Morgan fingerprint density at radius 3 is 2.53 bits per heavy atom. The Bertz CT molecular complexity index is 1050. The number of unbranched alkanes of at least 4 members (excludes halogenated alkanes) is 1. The molecule has 1 unspecified atom stereocenters. The Morgan fingerprint density at radius 2 is 1.72 bits per heavy atom. The highest BCUT2D eigenvalue weighted by molar-refractivity contribution is 6.02. The summed E-state index contributed by atoms with van der Waals surface area (Å²) in [6.45, 7) is 5.60. The quantitative estimate of drug-likeness (QED) is 0.410. The predicted octanol–water partition coefficient (Wildman–Crippen LogP) is 6.24. The summed E-state index contributed by atoms with van der Waals surface area (Å²) in [4.78, 5) is 15.4. The van der Waals surface area contributed by atoms with E-state index in [1.165, 1.54) is 5.56 Å². The van der Waals surface area contributed by atoms with Crippen LogP contribution in [0.3, 0.4) is 0 Å². The Balaban J connectivity index is 1.52. The van der Waals surface area contributed by atoms with E-state index in [9.17, 15) is 4.79 Å². The van der Waals surface area contributed by atoms with Crippen molar-refractivity contribution in [3.8, 4) is 5.75 Å². The Hall–Kier alpha value is -3.27. The van der Waals surface area contributed by atoms with Crippen LogP contribution < -0.4 is 10.1 Å². The molecule has 4 nitrogen and oxygen atoms in total. The van der Waals surface area contributed by atoms with Crippen LogP contribution in [0.2, 0.25) is 0 Å². The highest BCUT2D eigenvalue weighted by atomic mass is 16.5. The van der Waals surface area contributed by atoms with E-state index in [0.29, 0.717) is 13.2 Å². The van der Waals surface area contributed by atoms with Gasteiger partial charge in [0, 0.05) is 17.8 Å². The van der Waals surface area contributed by atoms with Crippen LogP contribution in [0.15, 0.2) is 78.9 Å². The Labute approximate surface area is 191 Å². The normalized spacial score (nSPS) is 17.6. The van der Waals surface area contributed by atoms with Gasteiger partial charge in [-0.3, -0.25) is 4.79 Å². The summed E-state index contributed by atoms with van der Waals surface area (Å²) in [6, 6.07) is 26.4. The monoisotopic (exact) mass is 428 g/mol. The van der Waals surface area contributed by atoms with Gasteiger partial charge in [-0.25, -0.2) is 0 Å². The zero-order valence-electron chi connectivity index (χ0n) is 19.0. The molecule has 1 aliphatic heterocycles. The van der Waals surface area contributed by atoms with E-state index in [0.717, 1.165) is 48.2 Å². The van der Waals surface area contributed by atoms with E-state index < -0.39 is 5.66 Å². The summed E-state index contributed by atoms with van der Waals surface area (Å²) in [7, 11) is 0. The van der Waals surface area contributed by atoms with E-state index in [2.05, 4.69) is 55.6 Å². The molecule has 1 heterocycles. The van der Waals surface area contributed by atoms with Gasteiger partial charge in [-0.15, -0.1) is 0 Å². The number of carbonyl (C=O) groups excluding carboxylic acids is 1. The summed E-state index contributed by atoms with van der Waals surface area (Å²) >= 11 is 0. The molecule has 0 saturated heterocycles. The number of nitrogens with zero attached hydrogens (tertiary/aromatic N) is 1. The van der Waals surface area contributed by atoms with Crippen LogP contribution in [0.4, 0.5) is 5.69 Å². The fraction of sp³-hybridized carbons (Fsp3) is 0.321. The average molecular weight is 429 g/mol. The van der Waals surface area contributed by atoms with Crippen LogP contribution in [-0.2, 0) is 12.1 Å². The lowest BCUT2D eigenvalue weighted by Gasteiger charge is -2.47. The number of nitrogens with one attached hydrogen (secondary N) is 1. The van der Waals surface area contributed by atoms with Crippen molar-refractivity contribution in [2.75, 3.05) is 18.5 Å². The van der Waals surface area contributed by atoms with Crippen LogP contribution in [0.1, 0.15) is 54.6 Å². The fourth-order valence-electron chi connectivity index (χ4n) is 4.33. The van der Waals surface area contributed by atoms with E-state index in [4.69, 9.17) is 4.74 Å². The first-order chi connectivity index (χ1) is 15.6. The maximum Gasteiger partial charge on any atom is 0.258 e. The lowest BCUT2D eigenvalue weighted by atomic mass is 9.93. The molecule has 32 heavy (non-hydrogen) atoms. The van der Waals surface area contributed by atoms with E-state index in [-0.39, 0.29) is 5.91 Å². The fourth-order valence-corrected chi connectivity index (χ4v) is 4.33. The molecular formula is C28H32N2O2. The Kier molecular flexibility index (Phi) is 6.79. The number of carbonyl (C=O) groups is 1. The zero-order chi connectivity index (χ0) is 22.4. The third-order valence-electron chi connectivity index (χ3n) is 6.17. The molecule has 0 aromatic heterocycles. The molecule has 0 bridgehead atoms. The van der Waals surface area contributed by atoms with Crippen molar-refractivity contribution < 1.29 is 9.53 Å². The topological polar surface area (TPSA) is 41.6 Å². The van der Waals surface area contributed by atoms with Gasteiger partial charge in [0.2, 0.25) is 0 Å². The van der Waals surface area contributed by atoms with Crippen LogP contribution in [-0.4, -0.2) is 24.0 Å². The van der Waals surface area contributed by atoms with Crippen molar-refractivity contribution in [3.63, 3.8) is 0 Å². The summed E-state index contributed by atoms with van der Waals surface area (Å²) in [5.41, 5.74) is 3.32. The first-order valence-electron chi connectivity index (χ1n) is 11.6. The van der Waals surface area contributed by atoms with Gasteiger partial charge in [0.15, 0.2) is 0 Å². The van der Waals surface area contributed by atoms with Crippen molar-refractivity contribution in [2.24, 2.45) is 0 Å². The maximum atomic E-state index is 13.4. The second-order valence-corrected chi connectivity index (χ2v) is 8.52. The number of aryl methyl sites for hydroxylation is 1. The van der Waals surface area contributed by atoms with Crippen molar-refractivity contribution in [2.45, 2.75) is 45.2 Å². The summed E-state index contributed by atoms with van der Waals surface area (Å²) < 4.78 is 6.09. The second-order valence-electron chi connectivity index (χ2n) is 8.52. The molecule has 1 aliphatic rings. The van der Waals surface area contributed by atoms with Crippen molar-refractivity contribution in [3.05, 3.63) is 95.6 Å². The molecule has 166 valence electrons. The molecule has 0 radical (unpaired) electrons. The van der Waals surface area contributed by atoms with Gasteiger partial charge >= 0.3 is 0 Å². The van der Waals surface area contributed by atoms with Crippen LogP contribution in [0, 0.1) is 0 Å². The number of fused-ring (bicyclic) bond motifs is 1. The number of amides is 1. The van der Waals surface area contributed by atoms with Gasteiger partial charge in [-0.1, -0.05) is 67.9 Å². The average Bonchev–Trinajstić information content (AvgIpc) is 2.83. The first kappa shape index (κ1) is 21.9. The smallest absolute Gasteiger partial charge is 0.258 e. The molecule has 0 saturated carbocycles. The molecule has 4 rings (SSSR count). The minimum Gasteiger partial charge on any atom is -0.494 e. The van der Waals surface area contributed by atoms with Crippen molar-refractivity contribution >= 4 is 11.6 Å². The number of hydrogen-bond acceptors (Lipinski definition) is 3.